The lowest BCUT2D eigenvalue weighted by Gasteiger charge is -2.09. The second-order valence-electron chi connectivity index (χ2n) is 4.15. The van der Waals surface area contributed by atoms with Gasteiger partial charge in [0.05, 0.1) is 15.6 Å². The molecular weight excluding hydrogens is 316 g/mol. The van der Waals surface area contributed by atoms with Crippen LogP contribution < -0.4 is 5.32 Å². The fourth-order valence-electron chi connectivity index (χ4n) is 1.59. The van der Waals surface area contributed by atoms with Crippen molar-refractivity contribution in [3.05, 3.63) is 45.1 Å². The molecular formula is C13H11ClN2O2S2. The van der Waals surface area contributed by atoms with E-state index in [1.807, 2.05) is 6.07 Å². The summed E-state index contributed by atoms with van der Waals surface area (Å²) in [6.45, 7) is 0.485. The third-order valence-electron chi connectivity index (χ3n) is 2.59. The summed E-state index contributed by atoms with van der Waals surface area (Å²) < 4.78 is 23.0. The summed E-state index contributed by atoms with van der Waals surface area (Å²) in [5.41, 5.74) is 0.557. The molecule has 0 radical (unpaired) electrons. The monoisotopic (exact) mass is 326 g/mol. The number of halogens is 1. The van der Waals surface area contributed by atoms with Crippen LogP contribution in [0.5, 0.6) is 0 Å². The largest absolute Gasteiger partial charge is 0.379 e. The molecule has 4 nitrogen and oxygen atoms in total. The number of nitrogens with zero attached hydrogens (tertiary/aromatic N) is 1. The molecule has 0 unspecified atom stereocenters. The van der Waals surface area contributed by atoms with E-state index in [1.165, 1.54) is 23.5 Å². The predicted molar refractivity (Wildman–Crippen MR) is 80.9 cm³/mol. The Morgan fingerprint density at radius 1 is 1.35 bits per heavy atom. The highest BCUT2D eigenvalue weighted by molar-refractivity contribution is 7.90. The highest BCUT2D eigenvalue weighted by atomic mass is 35.5. The third kappa shape index (κ3) is 3.51. The molecule has 1 aromatic carbocycles. The third-order valence-corrected chi connectivity index (χ3v) is 5.02. The smallest absolute Gasteiger partial charge is 0.175 e. The van der Waals surface area contributed by atoms with Gasteiger partial charge in [0.15, 0.2) is 9.84 Å². The van der Waals surface area contributed by atoms with Crippen molar-refractivity contribution in [1.29, 1.82) is 5.26 Å². The summed E-state index contributed by atoms with van der Waals surface area (Å²) in [6, 6.07) is 10.2. The first kappa shape index (κ1) is 14.9. The highest BCUT2D eigenvalue weighted by Gasteiger charge is 2.10. The minimum Gasteiger partial charge on any atom is -0.379 e. The fraction of sp³-hybridized carbons (Fsp3) is 0.154. The first-order valence-electron chi connectivity index (χ1n) is 5.62. The molecule has 0 saturated heterocycles. The quantitative estimate of drug-likeness (QED) is 0.936. The Hall–Kier alpha value is -1.55. The minimum absolute atomic E-state index is 0.216. The van der Waals surface area contributed by atoms with Crippen LogP contribution in [-0.2, 0) is 16.4 Å². The van der Waals surface area contributed by atoms with Gasteiger partial charge < -0.3 is 5.32 Å². The van der Waals surface area contributed by atoms with Crippen molar-refractivity contribution in [2.75, 3.05) is 11.6 Å². The molecule has 0 bridgehead atoms. The van der Waals surface area contributed by atoms with E-state index in [2.05, 4.69) is 11.4 Å². The molecule has 104 valence electrons. The van der Waals surface area contributed by atoms with E-state index in [0.717, 1.165) is 11.1 Å². The van der Waals surface area contributed by atoms with Gasteiger partial charge >= 0.3 is 0 Å². The molecule has 2 aromatic rings. The number of hydrogen-bond acceptors (Lipinski definition) is 5. The molecule has 1 aromatic heterocycles. The number of anilines is 1. The van der Waals surface area contributed by atoms with Gasteiger partial charge in [-0.3, -0.25) is 0 Å². The molecule has 20 heavy (non-hydrogen) atoms. The van der Waals surface area contributed by atoms with Crippen molar-refractivity contribution in [2.24, 2.45) is 0 Å². The Balaban J connectivity index is 2.19. The SMILES string of the molecule is CS(=O)(=O)c1ccc(Cl)c(NCc2ccc(C#N)s2)c1. The van der Waals surface area contributed by atoms with E-state index in [1.54, 1.807) is 12.1 Å². The fourth-order valence-corrected chi connectivity index (χ4v) is 3.16. The van der Waals surface area contributed by atoms with E-state index in [0.29, 0.717) is 22.1 Å². The molecule has 0 aliphatic rings. The van der Waals surface area contributed by atoms with Gasteiger partial charge in [0.1, 0.15) is 10.9 Å². The van der Waals surface area contributed by atoms with E-state index in [4.69, 9.17) is 16.9 Å². The molecule has 0 saturated carbocycles. The van der Waals surface area contributed by atoms with Crippen molar-refractivity contribution in [3.63, 3.8) is 0 Å². The highest BCUT2D eigenvalue weighted by Crippen LogP contribution is 2.26. The van der Waals surface area contributed by atoms with Gasteiger partial charge in [-0.2, -0.15) is 5.26 Å². The van der Waals surface area contributed by atoms with Crippen molar-refractivity contribution >= 4 is 38.5 Å². The van der Waals surface area contributed by atoms with Crippen LogP contribution >= 0.6 is 22.9 Å². The van der Waals surface area contributed by atoms with Gasteiger partial charge in [0.2, 0.25) is 0 Å². The Bertz CT molecular complexity index is 776. The maximum Gasteiger partial charge on any atom is 0.175 e. The van der Waals surface area contributed by atoms with Crippen molar-refractivity contribution in [3.8, 4) is 6.07 Å². The Labute approximate surface area is 126 Å². The van der Waals surface area contributed by atoms with Crippen molar-refractivity contribution in [1.82, 2.24) is 0 Å². The zero-order valence-electron chi connectivity index (χ0n) is 10.6. The van der Waals surface area contributed by atoms with Crippen LogP contribution in [0.2, 0.25) is 5.02 Å². The molecule has 1 heterocycles. The summed E-state index contributed by atoms with van der Waals surface area (Å²) in [6.07, 6.45) is 1.15. The predicted octanol–water partition coefficient (Wildman–Crippen LogP) is 3.29. The standard InChI is InChI=1S/C13H11ClN2O2S2/c1-20(17,18)11-4-5-12(14)13(6-11)16-8-10-3-2-9(7-15)19-10/h2-6,16H,8H2,1H3. The molecule has 0 atom stereocenters. The van der Waals surface area contributed by atoms with E-state index in [-0.39, 0.29) is 4.90 Å². The molecule has 0 spiro atoms. The van der Waals surface area contributed by atoms with Gasteiger partial charge in [-0.25, -0.2) is 8.42 Å². The van der Waals surface area contributed by atoms with Gasteiger partial charge in [-0.1, -0.05) is 11.6 Å². The van der Waals surface area contributed by atoms with Crippen LogP contribution in [0, 0.1) is 11.3 Å². The number of sulfone groups is 1. The van der Waals surface area contributed by atoms with Gasteiger partial charge in [0, 0.05) is 17.7 Å². The topological polar surface area (TPSA) is 70.0 Å². The lowest BCUT2D eigenvalue weighted by atomic mass is 10.3. The summed E-state index contributed by atoms with van der Waals surface area (Å²) in [7, 11) is -3.26. The molecule has 0 aliphatic heterocycles. The molecule has 1 N–H and O–H groups in total. The minimum atomic E-state index is -3.26. The lowest BCUT2D eigenvalue weighted by molar-refractivity contribution is 0.602. The second-order valence-corrected chi connectivity index (χ2v) is 7.74. The van der Waals surface area contributed by atoms with Gasteiger partial charge in [0.25, 0.3) is 0 Å². The maximum atomic E-state index is 11.5. The molecule has 2 rings (SSSR count). The van der Waals surface area contributed by atoms with E-state index in [9.17, 15) is 8.42 Å². The lowest BCUT2D eigenvalue weighted by Crippen LogP contribution is -2.02. The summed E-state index contributed by atoms with van der Waals surface area (Å²) in [5, 5.41) is 12.3. The van der Waals surface area contributed by atoms with Crippen molar-refractivity contribution < 1.29 is 8.42 Å². The Morgan fingerprint density at radius 2 is 2.10 bits per heavy atom. The van der Waals surface area contributed by atoms with Crippen LogP contribution in [0.3, 0.4) is 0 Å². The number of thiophene rings is 1. The summed E-state index contributed by atoms with van der Waals surface area (Å²) >= 11 is 7.42. The summed E-state index contributed by atoms with van der Waals surface area (Å²) in [4.78, 5) is 1.83. The Morgan fingerprint density at radius 3 is 2.70 bits per heavy atom. The molecule has 7 heteroatoms. The normalized spacial score (nSPS) is 11.1. The zero-order chi connectivity index (χ0) is 14.8. The van der Waals surface area contributed by atoms with E-state index >= 15 is 0 Å². The average Bonchev–Trinajstić information content (AvgIpc) is 2.84. The Kier molecular flexibility index (Phi) is 4.33. The van der Waals surface area contributed by atoms with E-state index < -0.39 is 9.84 Å². The number of rotatable bonds is 4. The number of benzene rings is 1. The maximum absolute atomic E-state index is 11.5. The summed E-state index contributed by atoms with van der Waals surface area (Å²) in [5.74, 6) is 0. The number of nitriles is 1. The number of hydrogen-bond donors (Lipinski definition) is 1. The average molecular weight is 327 g/mol. The van der Waals surface area contributed by atoms with Gasteiger partial charge in [-0.15, -0.1) is 11.3 Å². The van der Waals surface area contributed by atoms with Crippen LogP contribution in [0.1, 0.15) is 9.75 Å². The first-order chi connectivity index (χ1) is 9.40. The second kappa shape index (κ2) is 5.83. The van der Waals surface area contributed by atoms with Crippen LogP contribution in [-0.4, -0.2) is 14.7 Å². The number of nitrogens with one attached hydrogen (secondary N) is 1. The van der Waals surface area contributed by atoms with Crippen molar-refractivity contribution in [2.45, 2.75) is 11.4 Å². The first-order valence-corrected chi connectivity index (χ1v) is 8.71. The molecule has 0 amide bonds. The van der Waals surface area contributed by atoms with Gasteiger partial charge in [-0.05, 0) is 30.3 Å². The molecule has 0 fully saturated rings. The van der Waals surface area contributed by atoms with Crippen LogP contribution in [0.4, 0.5) is 5.69 Å². The van der Waals surface area contributed by atoms with Crippen LogP contribution in [0.25, 0.3) is 0 Å². The zero-order valence-corrected chi connectivity index (χ0v) is 12.9. The van der Waals surface area contributed by atoms with Crippen LogP contribution in [0.15, 0.2) is 35.2 Å². The molecule has 0 aliphatic carbocycles.